The Labute approximate surface area is 162 Å². The summed E-state index contributed by atoms with van der Waals surface area (Å²) >= 11 is 0. The number of ether oxygens (including phenoxy) is 3. The third-order valence-electron chi connectivity index (χ3n) is 3.70. The highest BCUT2D eigenvalue weighted by molar-refractivity contribution is 5.81. The van der Waals surface area contributed by atoms with Crippen LogP contribution in [0.1, 0.15) is 48.5 Å². The molecule has 0 aliphatic rings. The molecule has 2 amide bonds. The number of nitrogens with one attached hydrogen (secondary N) is 2. The molecule has 0 aliphatic carbocycles. The first-order valence-corrected chi connectivity index (χ1v) is 9.38. The Morgan fingerprint density at radius 1 is 1.00 bits per heavy atom. The van der Waals surface area contributed by atoms with Gasteiger partial charge in [-0.3, -0.25) is 9.59 Å². The number of carbonyl (C=O) groups is 2. The number of alkyl halides is 1. The largest absolute Gasteiger partial charge is 0.377 e. The molecule has 2 N–H and O–H groups in total. The van der Waals surface area contributed by atoms with Crippen LogP contribution in [0.4, 0.5) is 4.39 Å². The SMILES string of the molecule is CC(C)OCC(=O)NCCOCCOC(C)(C)C(F)CNC(=O)C(C)(C)C. The van der Waals surface area contributed by atoms with Gasteiger partial charge in [0.1, 0.15) is 12.8 Å². The lowest BCUT2D eigenvalue weighted by Gasteiger charge is -2.30. The maximum Gasteiger partial charge on any atom is 0.246 e. The van der Waals surface area contributed by atoms with Crippen LogP contribution in [0.15, 0.2) is 0 Å². The molecule has 0 aromatic rings. The minimum absolute atomic E-state index is 0.00798. The van der Waals surface area contributed by atoms with E-state index in [1.807, 2.05) is 13.8 Å². The average molecular weight is 393 g/mol. The molecule has 8 heteroatoms. The van der Waals surface area contributed by atoms with E-state index in [9.17, 15) is 14.0 Å². The number of hydrogen-bond donors (Lipinski definition) is 2. The molecule has 0 aliphatic heterocycles. The van der Waals surface area contributed by atoms with Crippen molar-refractivity contribution >= 4 is 11.8 Å². The summed E-state index contributed by atoms with van der Waals surface area (Å²) in [5, 5.41) is 5.27. The Balaban J connectivity index is 3.86. The smallest absolute Gasteiger partial charge is 0.246 e. The van der Waals surface area contributed by atoms with Crippen molar-refractivity contribution in [2.75, 3.05) is 39.5 Å². The van der Waals surface area contributed by atoms with Crippen LogP contribution in [0, 0.1) is 5.41 Å². The van der Waals surface area contributed by atoms with Gasteiger partial charge in [0.2, 0.25) is 11.8 Å². The van der Waals surface area contributed by atoms with Crippen molar-refractivity contribution in [1.82, 2.24) is 10.6 Å². The third kappa shape index (κ3) is 12.7. The molecule has 0 bridgehead atoms. The maximum absolute atomic E-state index is 14.3. The van der Waals surface area contributed by atoms with Gasteiger partial charge in [-0.2, -0.15) is 0 Å². The van der Waals surface area contributed by atoms with Gasteiger partial charge in [-0.05, 0) is 27.7 Å². The van der Waals surface area contributed by atoms with Gasteiger partial charge in [0.25, 0.3) is 0 Å². The van der Waals surface area contributed by atoms with Crippen molar-refractivity contribution in [3.8, 4) is 0 Å². The second-order valence-electron chi connectivity index (χ2n) is 8.20. The van der Waals surface area contributed by atoms with E-state index in [4.69, 9.17) is 14.2 Å². The van der Waals surface area contributed by atoms with Crippen molar-refractivity contribution in [2.45, 2.75) is 66.3 Å². The molecule has 7 nitrogen and oxygen atoms in total. The molecular weight excluding hydrogens is 355 g/mol. The topological polar surface area (TPSA) is 85.9 Å². The summed E-state index contributed by atoms with van der Waals surface area (Å²) in [5.74, 6) is -0.396. The van der Waals surface area contributed by atoms with Crippen molar-refractivity contribution in [3.05, 3.63) is 0 Å². The molecule has 27 heavy (non-hydrogen) atoms. The second-order valence-corrected chi connectivity index (χ2v) is 8.20. The predicted molar refractivity (Wildman–Crippen MR) is 102 cm³/mol. The maximum atomic E-state index is 14.3. The standard InChI is InChI=1S/C19H37FN2O5/c1-14(2)26-13-16(23)21-8-9-25-10-11-27-19(6,7)15(20)12-22-17(24)18(3,4)5/h14-15H,8-13H2,1-7H3,(H,21,23)(H,22,24). The van der Waals surface area contributed by atoms with Gasteiger partial charge >= 0.3 is 0 Å². The van der Waals surface area contributed by atoms with E-state index < -0.39 is 17.2 Å². The lowest BCUT2D eigenvalue weighted by Crippen LogP contribution is -2.46. The molecular formula is C19H37FN2O5. The molecule has 0 radical (unpaired) electrons. The molecule has 0 saturated heterocycles. The highest BCUT2D eigenvalue weighted by Crippen LogP contribution is 2.18. The first-order chi connectivity index (χ1) is 12.4. The summed E-state index contributed by atoms with van der Waals surface area (Å²) < 4.78 is 30.4. The van der Waals surface area contributed by atoms with E-state index in [1.54, 1.807) is 34.6 Å². The van der Waals surface area contributed by atoms with Gasteiger partial charge < -0.3 is 24.8 Å². The van der Waals surface area contributed by atoms with Gasteiger partial charge in [-0.1, -0.05) is 20.8 Å². The zero-order valence-corrected chi connectivity index (χ0v) is 17.8. The van der Waals surface area contributed by atoms with Gasteiger partial charge in [-0.25, -0.2) is 4.39 Å². The van der Waals surface area contributed by atoms with Gasteiger partial charge in [0, 0.05) is 12.0 Å². The normalized spacial score (nSPS) is 13.5. The average Bonchev–Trinajstić information content (AvgIpc) is 2.55. The number of rotatable bonds is 13. The van der Waals surface area contributed by atoms with Gasteiger partial charge in [0.05, 0.1) is 38.1 Å². The quantitative estimate of drug-likeness (QED) is 0.467. The third-order valence-corrected chi connectivity index (χ3v) is 3.70. The monoisotopic (exact) mass is 392 g/mol. The van der Waals surface area contributed by atoms with E-state index in [0.717, 1.165) is 0 Å². The molecule has 160 valence electrons. The van der Waals surface area contributed by atoms with Crippen molar-refractivity contribution in [1.29, 1.82) is 0 Å². The zero-order chi connectivity index (χ0) is 21.1. The molecule has 0 rings (SSSR count). The Morgan fingerprint density at radius 3 is 2.19 bits per heavy atom. The fourth-order valence-electron chi connectivity index (χ4n) is 1.81. The molecule has 0 saturated carbocycles. The van der Waals surface area contributed by atoms with Crippen LogP contribution >= 0.6 is 0 Å². The molecule has 0 fully saturated rings. The van der Waals surface area contributed by atoms with Crippen molar-refractivity contribution in [2.24, 2.45) is 5.41 Å². The second kappa shape index (κ2) is 12.3. The van der Waals surface area contributed by atoms with Crippen LogP contribution in [0.2, 0.25) is 0 Å². The lowest BCUT2D eigenvalue weighted by molar-refractivity contribution is -0.130. The van der Waals surface area contributed by atoms with E-state index in [1.165, 1.54) is 0 Å². The van der Waals surface area contributed by atoms with Crippen molar-refractivity contribution < 1.29 is 28.2 Å². The summed E-state index contributed by atoms with van der Waals surface area (Å²) in [5.41, 5.74) is -1.61. The highest BCUT2D eigenvalue weighted by atomic mass is 19.1. The molecule has 0 aromatic carbocycles. The van der Waals surface area contributed by atoms with Crippen molar-refractivity contribution in [3.63, 3.8) is 0 Å². The molecule has 0 heterocycles. The lowest BCUT2D eigenvalue weighted by atomic mass is 9.95. The number of halogens is 1. The predicted octanol–water partition coefficient (Wildman–Crippen LogP) is 1.84. The van der Waals surface area contributed by atoms with Gasteiger partial charge in [0.15, 0.2) is 0 Å². The van der Waals surface area contributed by atoms with E-state index in [2.05, 4.69) is 10.6 Å². The molecule has 0 spiro atoms. The minimum Gasteiger partial charge on any atom is -0.377 e. The van der Waals surface area contributed by atoms with Crippen LogP contribution in [0.5, 0.6) is 0 Å². The molecule has 0 aromatic heterocycles. The zero-order valence-electron chi connectivity index (χ0n) is 17.8. The first kappa shape index (κ1) is 25.8. The van der Waals surface area contributed by atoms with Crippen LogP contribution in [0.3, 0.4) is 0 Å². The Kier molecular flexibility index (Phi) is 11.7. The van der Waals surface area contributed by atoms with E-state index in [0.29, 0.717) is 13.2 Å². The Hall–Kier alpha value is -1.25. The van der Waals surface area contributed by atoms with E-state index in [-0.39, 0.29) is 44.3 Å². The highest BCUT2D eigenvalue weighted by Gasteiger charge is 2.32. The summed E-state index contributed by atoms with van der Waals surface area (Å²) in [6, 6.07) is 0. The fraction of sp³-hybridized carbons (Fsp3) is 0.895. The molecule has 1 unspecified atom stereocenters. The van der Waals surface area contributed by atoms with Crippen LogP contribution in [-0.2, 0) is 23.8 Å². The summed E-state index contributed by atoms with van der Waals surface area (Å²) in [4.78, 5) is 23.2. The summed E-state index contributed by atoms with van der Waals surface area (Å²) in [6.07, 6.45) is -1.34. The van der Waals surface area contributed by atoms with Crippen LogP contribution < -0.4 is 10.6 Å². The van der Waals surface area contributed by atoms with E-state index >= 15 is 0 Å². The Morgan fingerprint density at radius 2 is 1.63 bits per heavy atom. The van der Waals surface area contributed by atoms with Crippen LogP contribution in [0.25, 0.3) is 0 Å². The minimum atomic E-state index is -1.34. The van der Waals surface area contributed by atoms with Crippen LogP contribution in [-0.4, -0.2) is 69.2 Å². The van der Waals surface area contributed by atoms with Gasteiger partial charge in [-0.15, -0.1) is 0 Å². The molecule has 1 atom stereocenters. The number of amides is 2. The number of carbonyl (C=O) groups excluding carboxylic acids is 2. The summed E-state index contributed by atoms with van der Waals surface area (Å²) in [6.45, 7) is 13.4. The summed E-state index contributed by atoms with van der Waals surface area (Å²) in [7, 11) is 0. The number of hydrogen-bond acceptors (Lipinski definition) is 5. The Bertz CT molecular complexity index is 450. The fourth-order valence-corrected chi connectivity index (χ4v) is 1.81. The first-order valence-electron chi connectivity index (χ1n) is 9.38.